The van der Waals surface area contributed by atoms with Gasteiger partial charge in [0, 0.05) is 30.0 Å². The molecule has 0 aliphatic rings. The van der Waals surface area contributed by atoms with Crippen LogP contribution in [0.2, 0.25) is 0 Å². The number of carbonyl (C=O) groups excluding carboxylic acids is 1. The third kappa shape index (κ3) is 6.20. The van der Waals surface area contributed by atoms with Crippen LogP contribution in [-0.4, -0.2) is 44.3 Å². The van der Waals surface area contributed by atoms with Gasteiger partial charge in [-0.15, -0.1) is 0 Å². The number of nitrogens with zero attached hydrogens (tertiary/aromatic N) is 3. The number of aliphatic hydroxyl groups is 2. The normalized spacial score (nSPS) is 12.8. The second-order valence-corrected chi connectivity index (χ2v) is 9.55. The number of amides is 1. The Balaban J connectivity index is 1.47. The number of benzene rings is 2. The molecule has 0 saturated carbocycles. The Morgan fingerprint density at radius 3 is 2.55 bits per heavy atom. The van der Waals surface area contributed by atoms with Crippen molar-refractivity contribution >= 4 is 11.6 Å². The van der Waals surface area contributed by atoms with Gasteiger partial charge >= 0.3 is 0 Å². The van der Waals surface area contributed by atoms with Gasteiger partial charge in [0.1, 0.15) is 17.5 Å². The Hall–Kier alpha value is -4.19. The van der Waals surface area contributed by atoms with Crippen molar-refractivity contribution in [2.75, 3.05) is 6.61 Å². The van der Waals surface area contributed by atoms with Crippen LogP contribution in [-0.2, 0) is 6.42 Å². The van der Waals surface area contributed by atoms with Crippen molar-refractivity contribution in [1.29, 1.82) is 5.26 Å². The number of carbonyl (C=O) groups is 1. The van der Waals surface area contributed by atoms with Gasteiger partial charge < -0.3 is 24.7 Å². The fraction of sp³-hybridized carbons (Fsp3) is 0.300. The Kier molecular flexibility index (Phi) is 8.41. The Bertz CT molecular complexity index is 1450. The number of imidazole rings is 1. The van der Waals surface area contributed by atoms with Gasteiger partial charge in [0.25, 0.3) is 5.91 Å². The smallest absolute Gasteiger partial charge is 0.251 e. The van der Waals surface area contributed by atoms with Gasteiger partial charge in [0.2, 0.25) is 0 Å². The summed E-state index contributed by atoms with van der Waals surface area (Å²) in [7, 11) is 0. The molecule has 0 saturated heterocycles. The minimum atomic E-state index is -0.611. The van der Waals surface area contributed by atoms with Crippen molar-refractivity contribution in [3.8, 4) is 23.1 Å². The largest absolute Gasteiger partial charge is 0.490 e. The number of aromatic nitrogens is 2. The minimum Gasteiger partial charge on any atom is -0.490 e. The first-order chi connectivity index (χ1) is 18.3. The van der Waals surface area contributed by atoms with E-state index < -0.39 is 6.10 Å². The molecule has 4 rings (SSSR count). The molecule has 2 atom stereocenters. The van der Waals surface area contributed by atoms with Crippen LogP contribution in [0.4, 0.5) is 0 Å². The molecule has 1 amide bonds. The van der Waals surface area contributed by atoms with E-state index in [0.29, 0.717) is 29.7 Å². The van der Waals surface area contributed by atoms with Gasteiger partial charge in [-0.05, 0) is 69.5 Å². The van der Waals surface area contributed by atoms with Crippen LogP contribution < -0.4 is 10.1 Å². The molecule has 8 nitrogen and oxygen atoms in total. The first kappa shape index (κ1) is 26.9. The monoisotopic (exact) mass is 512 g/mol. The maximum absolute atomic E-state index is 13.0. The van der Waals surface area contributed by atoms with Gasteiger partial charge in [-0.25, -0.2) is 4.98 Å². The molecule has 0 radical (unpaired) electrons. The highest BCUT2D eigenvalue weighted by molar-refractivity contribution is 5.95. The molecule has 0 spiro atoms. The quantitative estimate of drug-likeness (QED) is 0.289. The van der Waals surface area contributed by atoms with Crippen molar-refractivity contribution in [3.63, 3.8) is 0 Å². The molecule has 196 valence electrons. The van der Waals surface area contributed by atoms with Crippen molar-refractivity contribution in [1.82, 2.24) is 14.7 Å². The predicted octanol–water partition coefficient (Wildman–Crippen LogP) is 4.44. The second-order valence-electron chi connectivity index (χ2n) is 9.55. The van der Waals surface area contributed by atoms with Crippen LogP contribution in [0.1, 0.15) is 60.5 Å². The molecule has 0 bridgehead atoms. The van der Waals surface area contributed by atoms with Crippen molar-refractivity contribution < 1.29 is 19.7 Å². The zero-order chi connectivity index (χ0) is 27.2. The summed E-state index contributed by atoms with van der Waals surface area (Å²) in [6, 6.07) is 20.2. The van der Waals surface area contributed by atoms with E-state index in [2.05, 4.69) is 16.4 Å². The van der Waals surface area contributed by atoms with E-state index >= 15 is 0 Å². The highest BCUT2D eigenvalue weighted by atomic mass is 16.5. The molecular formula is C30H32N4O4. The van der Waals surface area contributed by atoms with Gasteiger partial charge in [0.15, 0.2) is 0 Å². The molecule has 0 unspecified atom stereocenters. The summed E-state index contributed by atoms with van der Waals surface area (Å²) < 4.78 is 7.53. The van der Waals surface area contributed by atoms with E-state index in [0.717, 1.165) is 28.2 Å². The van der Waals surface area contributed by atoms with E-state index in [1.165, 1.54) is 6.07 Å². The van der Waals surface area contributed by atoms with Crippen LogP contribution in [0.5, 0.6) is 5.75 Å². The van der Waals surface area contributed by atoms with E-state index in [9.17, 15) is 20.3 Å². The molecule has 2 aromatic carbocycles. The van der Waals surface area contributed by atoms with Gasteiger partial charge in [-0.1, -0.05) is 30.3 Å². The zero-order valence-electron chi connectivity index (χ0n) is 21.8. The number of nitriles is 1. The van der Waals surface area contributed by atoms with E-state index in [1.807, 2.05) is 66.9 Å². The summed E-state index contributed by atoms with van der Waals surface area (Å²) >= 11 is 0. The second kappa shape index (κ2) is 11.9. The Morgan fingerprint density at radius 1 is 1.13 bits per heavy atom. The number of fused-ring (bicyclic) bond motifs is 1. The number of ether oxygens (including phenoxy) is 1. The fourth-order valence-corrected chi connectivity index (χ4v) is 4.37. The summed E-state index contributed by atoms with van der Waals surface area (Å²) in [4.78, 5) is 17.6. The maximum atomic E-state index is 13.0. The van der Waals surface area contributed by atoms with Crippen LogP contribution in [0, 0.1) is 11.3 Å². The van der Waals surface area contributed by atoms with Crippen LogP contribution in [0.25, 0.3) is 16.9 Å². The zero-order valence-corrected chi connectivity index (χ0v) is 21.8. The summed E-state index contributed by atoms with van der Waals surface area (Å²) in [5.74, 6) is 0.130. The predicted molar refractivity (Wildman–Crippen MR) is 145 cm³/mol. The standard InChI is InChI=1S/C30H32N4O4/c1-19(2)38-28-12-11-23(16-24(28)17-31)30(37)32-25(13-14-35)15-21-7-9-22(10-8-21)26-18-34-27(20(3)36)5-4-6-29(34)33-26/h4-12,16,18-20,25,35-36H,13-15H2,1-3H3,(H,32,37)/t20-,25+/m0/s1. The molecule has 0 aliphatic carbocycles. The van der Waals surface area contributed by atoms with E-state index in [4.69, 9.17) is 4.74 Å². The average molecular weight is 513 g/mol. The Labute approximate surface area is 222 Å². The highest BCUT2D eigenvalue weighted by Crippen LogP contribution is 2.24. The molecule has 4 aromatic rings. The summed E-state index contributed by atoms with van der Waals surface area (Å²) in [5, 5.41) is 32.1. The third-order valence-electron chi connectivity index (χ3n) is 6.22. The lowest BCUT2D eigenvalue weighted by molar-refractivity contribution is 0.0930. The topological polar surface area (TPSA) is 120 Å². The van der Waals surface area contributed by atoms with Crippen molar-refractivity contribution in [3.05, 3.63) is 89.2 Å². The minimum absolute atomic E-state index is 0.0689. The molecule has 3 N–H and O–H groups in total. The SMILES string of the molecule is CC(C)Oc1ccc(C(=O)N[C@H](CCO)Cc2ccc(-c3cn4c([C@H](C)O)cccc4n3)cc2)cc1C#N. The molecule has 0 aliphatic heterocycles. The van der Waals surface area contributed by atoms with Crippen LogP contribution in [0.15, 0.2) is 66.9 Å². The van der Waals surface area contributed by atoms with Crippen molar-refractivity contribution in [2.45, 2.75) is 51.9 Å². The first-order valence-corrected chi connectivity index (χ1v) is 12.7. The summed E-state index contributed by atoms with van der Waals surface area (Å²) in [6.45, 7) is 5.40. The molecule has 2 heterocycles. The molecular weight excluding hydrogens is 480 g/mol. The lowest BCUT2D eigenvalue weighted by atomic mass is 10.0. The summed E-state index contributed by atoms with van der Waals surface area (Å²) in [6.07, 6.45) is 2.13. The van der Waals surface area contributed by atoms with Crippen LogP contribution >= 0.6 is 0 Å². The number of aliphatic hydroxyl groups excluding tert-OH is 2. The number of pyridine rings is 1. The molecule has 0 fully saturated rings. The van der Waals surface area contributed by atoms with Gasteiger partial charge in [-0.3, -0.25) is 4.79 Å². The van der Waals surface area contributed by atoms with Crippen molar-refractivity contribution in [2.24, 2.45) is 0 Å². The fourth-order valence-electron chi connectivity index (χ4n) is 4.37. The maximum Gasteiger partial charge on any atom is 0.251 e. The lowest BCUT2D eigenvalue weighted by Crippen LogP contribution is -2.37. The Morgan fingerprint density at radius 2 is 1.89 bits per heavy atom. The molecule has 2 aromatic heterocycles. The number of hydrogen-bond donors (Lipinski definition) is 3. The van der Waals surface area contributed by atoms with E-state index in [-0.39, 0.29) is 24.7 Å². The summed E-state index contributed by atoms with van der Waals surface area (Å²) in [5.41, 5.74) is 4.92. The number of hydrogen-bond acceptors (Lipinski definition) is 6. The lowest BCUT2D eigenvalue weighted by Gasteiger charge is -2.19. The van der Waals surface area contributed by atoms with Gasteiger partial charge in [0.05, 0.1) is 29.2 Å². The number of nitrogens with one attached hydrogen (secondary N) is 1. The average Bonchev–Trinajstić information content (AvgIpc) is 3.33. The third-order valence-corrected chi connectivity index (χ3v) is 6.22. The molecule has 38 heavy (non-hydrogen) atoms. The highest BCUT2D eigenvalue weighted by Gasteiger charge is 2.17. The number of rotatable bonds is 10. The van der Waals surface area contributed by atoms with Crippen LogP contribution in [0.3, 0.4) is 0 Å². The van der Waals surface area contributed by atoms with E-state index in [1.54, 1.807) is 19.1 Å². The first-order valence-electron chi connectivity index (χ1n) is 12.7. The molecule has 8 heteroatoms. The van der Waals surface area contributed by atoms with Gasteiger partial charge in [-0.2, -0.15) is 5.26 Å².